The average Bonchev–Trinajstić information content (AvgIpc) is 3.00. The van der Waals surface area contributed by atoms with E-state index in [-0.39, 0.29) is 31.4 Å². The summed E-state index contributed by atoms with van der Waals surface area (Å²) in [7, 11) is 1.62. The van der Waals surface area contributed by atoms with Crippen LogP contribution < -0.4 is 15.0 Å². The molecule has 9 nitrogen and oxygen atoms in total. The second-order valence-electron chi connectivity index (χ2n) is 9.17. The number of pyridine rings is 2. The fourth-order valence-electron chi connectivity index (χ4n) is 4.10. The van der Waals surface area contributed by atoms with E-state index in [9.17, 15) is 14.7 Å². The molecule has 0 saturated carbocycles. The van der Waals surface area contributed by atoms with E-state index in [2.05, 4.69) is 27.1 Å². The number of aryl methyl sites for hydroxylation is 1. The number of amides is 2. The highest BCUT2D eigenvalue weighted by Crippen LogP contribution is 2.31. The van der Waals surface area contributed by atoms with Crippen LogP contribution in [0.15, 0.2) is 54.9 Å². The number of aromatic nitrogens is 2. The Labute approximate surface area is 214 Å². The maximum atomic E-state index is 13.2. The molecule has 2 amide bonds. The van der Waals surface area contributed by atoms with Crippen LogP contribution in [-0.4, -0.2) is 65.4 Å². The predicted octanol–water partition coefficient (Wildman–Crippen LogP) is 1.64. The molecule has 1 saturated heterocycles. The minimum absolute atomic E-state index is 0.0292. The first kappa shape index (κ1) is 24.4. The maximum absolute atomic E-state index is 13.2. The van der Waals surface area contributed by atoms with E-state index in [1.54, 1.807) is 43.7 Å². The second-order valence-corrected chi connectivity index (χ2v) is 9.17. The zero-order valence-corrected chi connectivity index (χ0v) is 20.5. The van der Waals surface area contributed by atoms with E-state index in [1.807, 2.05) is 25.1 Å². The molecule has 1 atom stereocenters. The number of nitrogens with one attached hydrogen (secondary N) is 1. The third kappa shape index (κ3) is 5.31. The van der Waals surface area contributed by atoms with Gasteiger partial charge in [0.15, 0.2) is 5.60 Å². The summed E-state index contributed by atoms with van der Waals surface area (Å²) in [5.74, 6) is 5.44. The zero-order chi connectivity index (χ0) is 26.0. The highest BCUT2D eigenvalue weighted by molar-refractivity contribution is 6.03. The van der Waals surface area contributed by atoms with Crippen molar-refractivity contribution in [2.24, 2.45) is 0 Å². The van der Waals surface area contributed by atoms with E-state index in [0.29, 0.717) is 23.4 Å². The summed E-state index contributed by atoms with van der Waals surface area (Å²) in [6.45, 7) is 2.26. The molecule has 1 fully saturated rings. The van der Waals surface area contributed by atoms with Gasteiger partial charge in [0.1, 0.15) is 24.1 Å². The van der Waals surface area contributed by atoms with Crippen LogP contribution in [0, 0.1) is 18.8 Å². The highest BCUT2D eigenvalue weighted by atomic mass is 16.5. The molecular weight excluding hydrogens is 472 g/mol. The first-order chi connectivity index (χ1) is 17.8. The molecule has 1 unspecified atom stereocenters. The minimum atomic E-state index is -1.14. The molecule has 4 heterocycles. The number of rotatable bonds is 4. The quantitative estimate of drug-likeness (QED) is 0.526. The van der Waals surface area contributed by atoms with Crippen LogP contribution in [0.3, 0.4) is 0 Å². The number of hydrogen-bond donors (Lipinski definition) is 2. The number of aliphatic hydroxyl groups is 1. The molecule has 2 N–H and O–H groups in total. The summed E-state index contributed by atoms with van der Waals surface area (Å²) in [6.07, 6.45) is 3.94. The molecule has 2 aromatic heterocycles. The lowest BCUT2D eigenvalue weighted by Gasteiger charge is -2.30. The van der Waals surface area contributed by atoms with Crippen molar-refractivity contribution < 1.29 is 24.2 Å². The zero-order valence-electron chi connectivity index (χ0n) is 20.5. The molecule has 1 aromatic carbocycles. The molecule has 0 bridgehead atoms. The van der Waals surface area contributed by atoms with Gasteiger partial charge in [-0.15, -0.1) is 0 Å². The average molecular weight is 499 g/mol. The summed E-state index contributed by atoms with van der Waals surface area (Å²) in [5.41, 5.74) is 3.12. The lowest BCUT2D eigenvalue weighted by atomic mass is 10.0. The summed E-state index contributed by atoms with van der Waals surface area (Å²) in [5, 5.41) is 12.9. The van der Waals surface area contributed by atoms with Gasteiger partial charge in [-0.2, -0.15) is 0 Å². The standard InChI is InChI=1S/C28H26N4O5/c1-18-21(4-3-10-29-18)12-20-8-11-30-22(13-20)26(33)31-23-15-37-25-6-5-19(7-9-28(35)16-36-17-28)14-24(25)32(2)27(23)34/h3-6,8,10-11,13-14,23,35H,12,15-17H2,1-2H3,(H,31,33). The maximum Gasteiger partial charge on any atom is 0.270 e. The van der Waals surface area contributed by atoms with Gasteiger partial charge in [0.25, 0.3) is 11.8 Å². The number of ether oxygens (including phenoxy) is 2. The van der Waals surface area contributed by atoms with Crippen LogP contribution in [0.4, 0.5) is 5.69 Å². The Morgan fingerprint density at radius 3 is 2.81 bits per heavy atom. The summed E-state index contributed by atoms with van der Waals surface area (Å²) in [4.78, 5) is 36.2. The number of carbonyl (C=O) groups excluding carboxylic acids is 2. The SMILES string of the molecule is Cc1ncccc1Cc1ccnc(C(=O)NC2COc3ccc(C#CC4(O)COC4)cc3N(C)C2=O)c1. The highest BCUT2D eigenvalue weighted by Gasteiger charge is 2.34. The normalized spacial score (nSPS) is 17.9. The summed E-state index contributed by atoms with van der Waals surface area (Å²) < 4.78 is 10.9. The lowest BCUT2D eigenvalue weighted by molar-refractivity contribution is -0.140. The molecule has 0 spiro atoms. The van der Waals surface area contributed by atoms with Gasteiger partial charge in [-0.3, -0.25) is 19.6 Å². The van der Waals surface area contributed by atoms with Crippen LogP contribution in [-0.2, 0) is 16.0 Å². The molecule has 3 aromatic rings. The van der Waals surface area contributed by atoms with Crippen molar-refractivity contribution in [1.29, 1.82) is 0 Å². The summed E-state index contributed by atoms with van der Waals surface area (Å²) in [6, 6.07) is 11.7. The molecule has 0 radical (unpaired) electrons. The Morgan fingerprint density at radius 2 is 2.05 bits per heavy atom. The van der Waals surface area contributed by atoms with Gasteiger partial charge in [0.05, 0.1) is 18.9 Å². The number of carbonyl (C=O) groups is 2. The van der Waals surface area contributed by atoms with Gasteiger partial charge in [-0.05, 0) is 60.9 Å². The van der Waals surface area contributed by atoms with Crippen LogP contribution in [0.5, 0.6) is 5.75 Å². The van der Waals surface area contributed by atoms with E-state index < -0.39 is 17.6 Å². The van der Waals surface area contributed by atoms with E-state index in [1.165, 1.54) is 4.90 Å². The van der Waals surface area contributed by atoms with Gasteiger partial charge in [-0.1, -0.05) is 17.9 Å². The molecule has 37 heavy (non-hydrogen) atoms. The van der Waals surface area contributed by atoms with E-state index in [0.717, 1.165) is 16.8 Å². The number of benzene rings is 1. The fraction of sp³-hybridized carbons (Fsp3) is 0.286. The lowest BCUT2D eigenvalue weighted by Crippen LogP contribution is -2.49. The van der Waals surface area contributed by atoms with E-state index in [4.69, 9.17) is 9.47 Å². The molecule has 188 valence electrons. The largest absolute Gasteiger partial charge is 0.489 e. The van der Waals surface area contributed by atoms with Crippen molar-refractivity contribution in [3.63, 3.8) is 0 Å². The Balaban J connectivity index is 1.29. The van der Waals surface area contributed by atoms with Crippen molar-refractivity contribution in [3.8, 4) is 17.6 Å². The Bertz CT molecular complexity index is 1420. The van der Waals surface area contributed by atoms with Gasteiger partial charge in [0.2, 0.25) is 0 Å². The van der Waals surface area contributed by atoms with Crippen molar-refractivity contribution >= 4 is 17.5 Å². The first-order valence-corrected chi connectivity index (χ1v) is 11.9. The summed E-state index contributed by atoms with van der Waals surface area (Å²) >= 11 is 0. The second kappa shape index (κ2) is 10.0. The Kier molecular flexibility index (Phi) is 6.61. The van der Waals surface area contributed by atoms with Gasteiger partial charge in [-0.25, -0.2) is 0 Å². The van der Waals surface area contributed by atoms with Gasteiger partial charge >= 0.3 is 0 Å². The smallest absolute Gasteiger partial charge is 0.270 e. The minimum Gasteiger partial charge on any atom is -0.489 e. The number of hydrogen-bond acceptors (Lipinski definition) is 7. The first-order valence-electron chi connectivity index (χ1n) is 11.9. The molecular formula is C28H26N4O5. The number of fused-ring (bicyclic) bond motifs is 1. The Hall–Kier alpha value is -4.26. The van der Waals surface area contributed by atoms with Crippen LogP contribution in [0.2, 0.25) is 0 Å². The third-order valence-electron chi connectivity index (χ3n) is 6.35. The molecule has 9 heteroatoms. The van der Waals surface area contributed by atoms with Crippen molar-refractivity contribution in [1.82, 2.24) is 15.3 Å². The number of anilines is 1. The van der Waals surface area contributed by atoms with Crippen molar-refractivity contribution in [2.75, 3.05) is 31.8 Å². The van der Waals surface area contributed by atoms with Crippen molar-refractivity contribution in [2.45, 2.75) is 25.0 Å². The monoisotopic (exact) mass is 498 g/mol. The topological polar surface area (TPSA) is 114 Å². The van der Waals surface area contributed by atoms with Crippen LogP contribution in [0.1, 0.15) is 32.9 Å². The molecule has 0 aliphatic carbocycles. The predicted molar refractivity (Wildman–Crippen MR) is 135 cm³/mol. The van der Waals surface area contributed by atoms with Crippen LogP contribution >= 0.6 is 0 Å². The number of likely N-dealkylation sites (N-methyl/N-ethyl adjacent to an activating group) is 1. The number of nitrogens with zero attached hydrogens (tertiary/aromatic N) is 3. The fourth-order valence-corrected chi connectivity index (χ4v) is 4.10. The molecule has 2 aliphatic heterocycles. The van der Waals surface area contributed by atoms with Crippen LogP contribution in [0.25, 0.3) is 0 Å². The molecule has 2 aliphatic rings. The third-order valence-corrected chi connectivity index (χ3v) is 6.35. The van der Waals surface area contributed by atoms with Gasteiger partial charge < -0.3 is 24.8 Å². The van der Waals surface area contributed by atoms with Crippen molar-refractivity contribution in [3.05, 3.63) is 82.9 Å². The van der Waals surface area contributed by atoms with Gasteiger partial charge in [0, 0.05) is 30.7 Å². The Morgan fingerprint density at radius 1 is 1.22 bits per heavy atom. The molecule has 5 rings (SSSR count). The van der Waals surface area contributed by atoms with E-state index >= 15 is 0 Å².